The molecule has 0 aromatic rings. The van der Waals surface area contributed by atoms with Crippen LogP contribution in [0, 0.1) is 6.92 Å². The molecule has 31 valence electrons. The van der Waals surface area contributed by atoms with E-state index in [1.807, 2.05) is 0 Å². The van der Waals surface area contributed by atoms with Crippen LogP contribution in [0.5, 0.6) is 0 Å². The van der Waals surface area contributed by atoms with Crippen molar-refractivity contribution in [2.75, 3.05) is 0 Å². The van der Waals surface area contributed by atoms with Crippen LogP contribution in [0.3, 0.4) is 0 Å². The normalized spacial score (nSPS) is 12.0. The lowest BCUT2D eigenvalue weighted by Gasteiger charge is -1.94. The lowest BCUT2D eigenvalue weighted by Crippen LogP contribution is -1.99. The van der Waals surface area contributed by atoms with E-state index in [0.29, 0.717) is 0 Å². The molecular weight excluding hydrogens is 74.0 g/mol. The first-order chi connectivity index (χ1) is 2.00. The van der Waals surface area contributed by atoms with E-state index >= 15 is 0 Å². The van der Waals surface area contributed by atoms with E-state index in [0.717, 1.165) is 6.92 Å². The highest BCUT2D eigenvalue weighted by Crippen LogP contribution is 2.05. The van der Waals surface area contributed by atoms with Crippen molar-refractivity contribution < 1.29 is 8.78 Å². The molecule has 2 heteroatoms. The van der Waals surface area contributed by atoms with Gasteiger partial charge in [-0.05, 0) is 6.92 Å². The van der Waals surface area contributed by atoms with Crippen LogP contribution in [0.2, 0.25) is 0 Å². The Morgan fingerprint density at radius 3 is 1.60 bits per heavy atom. The molecule has 0 aliphatic carbocycles. The van der Waals surface area contributed by atoms with Crippen LogP contribution in [-0.4, -0.2) is 5.92 Å². The predicted molar refractivity (Wildman–Crippen MR) is 16.0 cm³/mol. The molecule has 0 aromatic heterocycles. The van der Waals surface area contributed by atoms with Gasteiger partial charge in [0.1, 0.15) is 0 Å². The average Bonchev–Trinajstić information content (AvgIpc) is 0.722. The van der Waals surface area contributed by atoms with E-state index < -0.39 is 5.92 Å². The van der Waals surface area contributed by atoms with Gasteiger partial charge in [0.15, 0.2) is 0 Å². The van der Waals surface area contributed by atoms with Gasteiger partial charge < -0.3 is 0 Å². The fraction of sp³-hybridized carbons (Fsp3) is 0.667. The van der Waals surface area contributed by atoms with Crippen molar-refractivity contribution in [2.24, 2.45) is 0 Å². The van der Waals surface area contributed by atoms with E-state index in [1.165, 1.54) is 0 Å². The molecule has 0 saturated heterocycles. The van der Waals surface area contributed by atoms with Gasteiger partial charge in [0.2, 0.25) is 5.92 Å². The maximum absolute atomic E-state index is 10.9. The fourth-order valence-corrected chi connectivity index (χ4v) is 0. The summed E-state index contributed by atoms with van der Waals surface area (Å²) in [6.07, 6.45) is 0. The fourth-order valence-electron chi connectivity index (χ4n) is 0. The molecule has 0 rings (SSSR count). The maximum atomic E-state index is 10.9. The quantitative estimate of drug-likeness (QED) is 0.412. The maximum Gasteiger partial charge on any atom is 0.245 e. The third kappa shape index (κ3) is 681. The predicted octanol–water partition coefficient (Wildman–Crippen LogP) is 1.48. The van der Waals surface area contributed by atoms with Crippen molar-refractivity contribution in [1.82, 2.24) is 0 Å². The molecule has 1 radical (unpaired) electrons. The summed E-state index contributed by atoms with van der Waals surface area (Å²) in [5, 5.41) is 0. The number of hydrogen-bond donors (Lipinski definition) is 0. The molecule has 0 saturated carbocycles. The summed E-state index contributed by atoms with van der Waals surface area (Å²) in [7, 11) is 0. The van der Waals surface area contributed by atoms with E-state index in [2.05, 4.69) is 6.92 Å². The summed E-state index contributed by atoms with van der Waals surface area (Å²) in [6.45, 7) is 3.18. The van der Waals surface area contributed by atoms with Crippen molar-refractivity contribution in [3.8, 4) is 0 Å². The Bertz CT molecular complexity index is 20.4. The Kier molecular flexibility index (Phi) is 0.894. The second kappa shape index (κ2) is 0.919. The largest absolute Gasteiger partial charge is 0.245 e. The third-order valence-corrected chi connectivity index (χ3v) is 0. The SMILES string of the molecule is [CH2]C(C)(F)F. The van der Waals surface area contributed by atoms with Crippen LogP contribution in [0.15, 0.2) is 0 Å². The van der Waals surface area contributed by atoms with Crippen molar-refractivity contribution >= 4 is 0 Å². The first-order valence-electron chi connectivity index (χ1n) is 1.23. The summed E-state index contributed by atoms with van der Waals surface area (Å²) in [4.78, 5) is 0. The van der Waals surface area contributed by atoms with Gasteiger partial charge in [0.25, 0.3) is 0 Å². The summed E-state index contributed by atoms with van der Waals surface area (Å²) < 4.78 is 21.8. The van der Waals surface area contributed by atoms with E-state index in [-0.39, 0.29) is 0 Å². The zero-order chi connectivity index (χ0) is 4.50. The van der Waals surface area contributed by atoms with Crippen molar-refractivity contribution in [3.63, 3.8) is 0 Å². The number of alkyl halides is 2. The summed E-state index contributed by atoms with van der Waals surface area (Å²) in [5.41, 5.74) is 0. The molecule has 0 aliphatic rings. The second-order valence-corrected chi connectivity index (χ2v) is 1.07. The lowest BCUT2D eigenvalue weighted by atomic mass is 10.5. The molecular formula is C3H5F2. The molecule has 0 aliphatic heterocycles. The standard InChI is InChI=1S/C3H5F2/c1-3(2,4)5/h1H2,2H3. The zero-order valence-electron chi connectivity index (χ0n) is 2.96. The van der Waals surface area contributed by atoms with Crippen LogP contribution in [0.4, 0.5) is 8.78 Å². The van der Waals surface area contributed by atoms with Gasteiger partial charge in [-0.1, -0.05) is 0 Å². The highest BCUT2D eigenvalue weighted by molar-refractivity contribution is 4.56. The van der Waals surface area contributed by atoms with Crippen LogP contribution in [0.25, 0.3) is 0 Å². The average molecular weight is 79.1 g/mol. The van der Waals surface area contributed by atoms with E-state index in [4.69, 9.17) is 0 Å². The zero-order valence-corrected chi connectivity index (χ0v) is 2.96. The van der Waals surface area contributed by atoms with Crippen LogP contribution in [0.1, 0.15) is 6.92 Å². The number of halogens is 2. The lowest BCUT2D eigenvalue weighted by molar-refractivity contribution is 0.0741. The monoisotopic (exact) mass is 79.0 g/mol. The minimum absolute atomic E-state index is 0.743. The van der Waals surface area contributed by atoms with Gasteiger partial charge in [-0.25, -0.2) is 8.78 Å². The number of rotatable bonds is 0. The molecule has 0 unspecified atom stereocenters. The molecule has 0 spiro atoms. The van der Waals surface area contributed by atoms with Crippen LogP contribution >= 0.6 is 0 Å². The van der Waals surface area contributed by atoms with Crippen molar-refractivity contribution in [3.05, 3.63) is 6.92 Å². The summed E-state index contributed by atoms with van der Waals surface area (Å²) in [5.74, 6) is -2.75. The van der Waals surface area contributed by atoms with Gasteiger partial charge in [0.05, 0.1) is 0 Å². The van der Waals surface area contributed by atoms with Crippen molar-refractivity contribution in [2.45, 2.75) is 12.8 Å². The molecule has 0 nitrogen and oxygen atoms in total. The Morgan fingerprint density at radius 2 is 1.60 bits per heavy atom. The highest BCUT2D eigenvalue weighted by Gasteiger charge is 2.08. The van der Waals surface area contributed by atoms with Crippen LogP contribution in [-0.2, 0) is 0 Å². The first-order valence-corrected chi connectivity index (χ1v) is 1.23. The summed E-state index contributed by atoms with van der Waals surface area (Å²) >= 11 is 0. The van der Waals surface area contributed by atoms with Gasteiger partial charge in [-0.3, -0.25) is 0 Å². The Morgan fingerprint density at radius 1 is 1.60 bits per heavy atom. The molecule has 0 amide bonds. The minimum Gasteiger partial charge on any atom is -0.207 e. The van der Waals surface area contributed by atoms with Gasteiger partial charge in [-0.15, -0.1) is 0 Å². The smallest absolute Gasteiger partial charge is 0.207 e. The number of hydrogen-bond acceptors (Lipinski definition) is 0. The second-order valence-electron chi connectivity index (χ2n) is 1.07. The molecule has 0 fully saturated rings. The Hall–Kier alpha value is -0.140. The van der Waals surface area contributed by atoms with E-state index in [1.54, 1.807) is 0 Å². The molecule has 0 atom stereocenters. The minimum atomic E-state index is -2.75. The molecule has 0 N–H and O–H groups in total. The molecule has 0 bridgehead atoms. The molecule has 0 aromatic carbocycles. The van der Waals surface area contributed by atoms with Crippen LogP contribution < -0.4 is 0 Å². The third-order valence-electron chi connectivity index (χ3n) is 0. The van der Waals surface area contributed by atoms with E-state index in [9.17, 15) is 8.78 Å². The van der Waals surface area contributed by atoms with Gasteiger partial charge >= 0.3 is 0 Å². The first kappa shape index (κ1) is 4.86. The Labute approximate surface area is 29.8 Å². The highest BCUT2D eigenvalue weighted by atomic mass is 19.3. The van der Waals surface area contributed by atoms with Gasteiger partial charge in [-0.2, -0.15) is 0 Å². The summed E-state index contributed by atoms with van der Waals surface area (Å²) in [6, 6.07) is 0. The topological polar surface area (TPSA) is 0 Å². The Balaban J connectivity index is 3.02. The molecule has 0 heterocycles. The van der Waals surface area contributed by atoms with Gasteiger partial charge in [0, 0.05) is 6.92 Å². The molecule has 5 heavy (non-hydrogen) atoms. The van der Waals surface area contributed by atoms with Crippen molar-refractivity contribution in [1.29, 1.82) is 0 Å².